The molecule has 98 valence electrons. The average molecular weight is 268 g/mol. The predicted molar refractivity (Wildman–Crippen MR) is 71.1 cm³/mol. The summed E-state index contributed by atoms with van der Waals surface area (Å²) >= 11 is 1.78. The maximum atomic E-state index is 11.7. The largest absolute Gasteiger partial charge is 0.477 e. The average Bonchev–Trinajstić information content (AvgIpc) is 2.38. The zero-order valence-electron chi connectivity index (χ0n) is 10.2. The minimum absolute atomic E-state index is 0.0634. The fourth-order valence-electron chi connectivity index (χ4n) is 1.33. The molecule has 0 aliphatic carbocycles. The van der Waals surface area contributed by atoms with Crippen LogP contribution in [-0.2, 0) is 0 Å². The van der Waals surface area contributed by atoms with Gasteiger partial charge in [0, 0.05) is 12.7 Å². The Bertz CT molecular complexity index is 406. The summed E-state index contributed by atoms with van der Waals surface area (Å²) in [5, 5.41) is 11.4. The highest BCUT2D eigenvalue weighted by Gasteiger charge is 2.08. The number of unbranched alkanes of at least 4 members (excludes halogenated alkanes) is 1. The second-order valence-electron chi connectivity index (χ2n) is 3.69. The summed E-state index contributed by atoms with van der Waals surface area (Å²) in [7, 11) is 0. The highest BCUT2D eigenvalue weighted by Crippen LogP contribution is 2.01. The standard InChI is InChI=1S/C12H16N2O3S/c1-18-7-3-2-6-13-11(15)9-4-5-10(12(16)17)14-8-9/h4-5,8H,2-3,6-7H2,1H3,(H,13,15)(H,16,17). The molecule has 0 fully saturated rings. The first-order chi connectivity index (χ1) is 8.65. The lowest BCUT2D eigenvalue weighted by Crippen LogP contribution is -2.24. The molecule has 6 heteroatoms. The van der Waals surface area contributed by atoms with E-state index >= 15 is 0 Å². The van der Waals surface area contributed by atoms with Gasteiger partial charge in [0.05, 0.1) is 5.56 Å². The van der Waals surface area contributed by atoms with Gasteiger partial charge in [0.1, 0.15) is 5.69 Å². The molecule has 1 rings (SSSR count). The number of rotatable bonds is 7. The first-order valence-electron chi connectivity index (χ1n) is 5.61. The van der Waals surface area contributed by atoms with Gasteiger partial charge in [-0.25, -0.2) is 9.78 Å². The van der Waals surface area contributed by atoms with Crippen molar-refractivity contribution >= 4 is 23.6 Å². The molecule has 0 bridgehead atoms. The van der Waals surface area contributed by atoms with Crippen LogP contribution in [0, 0.1) is 0 Å². The third kappa shape index (κ3) is 4.75. The number of nitrogens with one attached hydrogen (secondary N) is 1. The molecule has 0 aliphatic rings. The topological polar surface area (TPSA) is 79.3 Å². The molecule has 1 aromatic rings. The SMILES string of the molecule is CSCCCCNC(=O)c1ccc(C(=O)O)nc1. The lowest BCUT2D eigenvalue weighted by molar-refractivity contribution is 0.0689. The van der Waals surface area contributed by atoms with Crippen LogP contribution in [0.2, 0.25) is 0 Å². The first kappa shape index (κ1) is 14.5. The number of carbonyl (C=O) groups is 2. The summed E-state index contributed by atoms with van der Waals surface area (Å²) in [5.74, 6) is -0.229. The monoisotopic (exact) mass is 268 g/mol. The van der Waals surface area contributed by atoms with Crippen molar-refractivity contribution in [3.05, 3.63) is 29.6 Å². The van der Waals surface area contributed by atoms with Crippen LogP contribution in [0.25, 0.3) is 0 Å². The maximum absolute atomic E-state index is 11.7. The number of nitrogens with zero attached hydrogens (tertiary/aromatic N) is 1. The van der Waals surface area contributed by atoms with E-state index in [2.05, 4.69) is 10.3 Å². The van der Waals surface area contributed by atoms with Gasteiger partial charge >= 0.3 is 5.97 Å². The molecule has 0 saturated carbocycles. The summed E-state index contributed by atoms with van der Waals surface area (Å²) in [5.41, 5.74) is 0.316. The van der Waals surface area contributed by atoms with Crippen LogP contribution in [-0.4, -0.2) is 40.5 Å². The number of amides is 1. The summed E-state index contributed by atoms with van der Waals surface area (Å²) in [4.78, 5) is 25.9. The van der Waals surface area contributed by atoms with Crippen molar-refractivity contribution in [3.63, 3.8) is 0 Å². The molecule has 0 atom stereocenters. The summed E-state index contributed by atoms with van der Waals surface area (Å²) in [6.07, 6.45) is 5.33. The fraction of sp³-hybridized carbons (Fsp3) is 0.417. The Labute approximate surface area is 110 Å². The number of hydrogen-bond donors (Lipinski definition) is 2. The predicted octanol–water partition coefficient (Wildman–Crippen LogP) is 1.65. The number of aromatic nitrogens is 1. The van der Waals surface area contributed by atoms with Crippen molar-refractivity contribution in [2.45, 2.75) is 12.8 Å². The van der Waals surface area contributed by atoms with Gasteiger partial charge in [0.15, 0.2) is 0 Å². The Balaban J connectivity index is 2.39. The van der Waals surface area contributed by atoms with Crippen LogP contribution >= 0.6 is 11.8 Å². The van der Waals surface area contributed by atoms with E-state index in [0.29, 0.717) is 12.1 Å². The van der Waals surface area contributed by atoms with E-state index in [1.807, 2.05) is 6.26 Å². The van der Waals surface area contributed by atoms with Gasteiger partial charge < -0.3 is 10.4 Å². The number of hydrogen-bond acceptors (Lipinski definition) is 4. The molecule has 1 aromatic heterocycles. The number of aromatic carboxylic acids is 1. The Morgan fingerprint density at radius 3 is 2.72 bits per heavy atom. The fourth-order valence-corrected chi connectivity index (χ4v) is 1.82. The maximum Gasteiger partial charge on any atom is 0.354 e. The molecule has 5 nitrogen and oxygen atoms in total. The molecular formula is C12H16N2O3S. The van der Waals surface area contributed by atoms with Crippen molar-refractivity contribution in [2.24, 2.45) is 0 Å². The number of carbonyl (C=O) groups excluding carboxylic acids is 1. The van der Waals surface area contributed by atoms with Crippen molar-refractivity contribution in [1.29, 1.82) is 0 Å². The van der Waals surface area contributed by atoms with E-state index < -0.39 is 5.97 Å². The van der Waals surface area contributed by atoms with Gasteiger partial charge in [-0.1, -0.05) is 0 Å². The molecule has 18 heavy (non-hydrogen) atoms. The molecule has 0 unspecified atom stereocenters. The van der Waals surface area contributed by atoms with E-state index in [9.17, 15) is 9.59 Å². The molecule has 1 heterocycles. The molecular weight excluding hydrogens is 252 g/mol. The molecule has 0 aliphatic heterocycles. The minimum Gasteiger partial charge on any atom is -0.477 e. The molecule has 0 radical (unpaired) electrons. The normalized spacial score (nSPS) is 10.1. The van der Waals surface area contributed by atoms with Gasteiger partial charge in [-0.2, -0.15) is 11.8 Å². The number of pyridine rings is 1. The quantitative estimate of drug-likeness (QED) is 0.735. The lowest BCUT2D eigenvalue weighted by Gasteiger charge is -2.04. The Morgan fingerprint density at radius 1 is 1.39 bits per heavy atom. The minimum atomic E-state index is -1.10. The van der Waals surface area contributed by atoms with Crippen LogP contribution in [0.15, 0.2) is 18.3 Å². The summed E-state index contributed by atoms with van der Waals surface area (Å²) in [6.45, 7) is 0.625. The highest BCUT2D eigenvalue weighted by molar-refractivity contribution is 7.98. The van der Waals surface area contributed by atoms with E-state index in [1.54, 1.807) is 11.8 Å². The molecule has 2 N–H and O–H groups in total. The van der Waals surface area contributed by atoms with E-state index in [0.717, 1.165) is 18.6 Å². The summed E-state index contributed by atoms with van der Waals surface area (Å²) in [6, 6.07) is 2.79. The zero-order valence-corrected chi connectivity index (χ0v) is 11.0. The van der Waals surface area contributed by atoms with Crippen molar-refractivity contribution in [3.8, 4) is 0 Å². The Hall–Kier alpha value is -1.56. The van der Waals surface area contributed by atoms with Crippen molar-refractivity contribution < 1.29 is 14.7 Å². The van der Waals surface area contributed by atoms with Crippen molar-refractivity contribution in [1.82, 2.24) is 10.3 Å². The van der Waals surface area contributed by atoms with Crippen LogP contribution in [0.3, 0.4) is 0 Å². The summed E-state index contributed by atoms with van der Waals surface area (Å²) < 4.78 is 0. The van der Waals surface area contributed by atoms with E-state index in [1.165, 1.54) is 18.3 Å². The van der Waals surface area contributed by atoms with Crippen LogP contribution in [0.1, 0.15) is 33.7 Å². The Kier molecular flexibility index (Phi) is 6.21. The number of carboxylic acids is 1. The number of carboxylic acid groups (broad SMARTS) is 1. The van der Waals surface area contributed by atoms with Gasteiger partial charge in [-0.15, -0.1) is 0 Å². The van der Waals surface area contributed by atoms with E-state index in [-0.39, 0.29) is 11.6 Å². The van der Waals surface area contributed by atoms with Crippen LogP contribution in [0.4, 0.5) is 0 Å². The molecule has 0 spiro atoms. The third-order valence-corrected chi connectivity index (χ3v) is 3.00. The smallest absolute Gasteiger partial charge is 0.354 e. The van der Waals surface area contributed by atoms with Crippen LogP contribution < -0.4 is 5.32 Å². The highest BCUT2D eigenvalue weighted by atomic mass is 32.2. The van der Waals surface area contributed by atoms with E-state index in [4.69, 9.17) is 5.11 Å². The van der Waals surface area contributed by atoms with Gasteiger partial charge in [-0.3, -0.25) is 4.79 Å². The van der Waals surface area contributed by atoms with Crippen molar-refractivity contribution in [2.75, 3.05) is 18.6 Å². The molecule has 0 saturated heterocycles. The second kappa shape index (κ2) is 7.71. The lowest BCUT2D eigenvalue weighted by atomic mass is 10.2. The first-order valence-corrected chi connectivity index (χ1v) is 7.01. The Morgan fingerprint density at radius 2 is 2.17 bits per heavy atom. The zero-order chi connectivity index (χ0) is 13.4. The third-order valence-electron chi connectivity index (χ3n) is 2.31. The van der Waals surface area contributed by atoms with Gasteiger partial charge in [0.2, 0.25) is 0 Å². The molecule has 0 aromatic carbocycles. The molecule has 1 amide bonds. The van der Waals surface area contributed by atoms with Gasteiger partial charge in [-0.05, 0) is 37.0 Å². The number of thioether (sulfide) groups is 1. The second-order valence-corrected chi connectivity index (χ2v) is 4.68. The van der Waals surface area contributed by atoms with Crippen LogP contribution in [0.5, 0.6) is 0 Å². The van der Waals surface area contributed by atoms with Gasteiger partial charge in [0.25, 0.3) is 5.91 Å².